The molecule has 1 N–H and O–H groups in total. The number of benzene rings is 1. The van der Waals surface area contributed by atoms with E-state index in [0.717, 1.165) is 13.1 Å². The topological polar surface area (TPSA) is 60.0 Å². The maximum absolute atomic E-state index is 12.1. The molecule has 2 heterocycles. The van der Waals surface area contributed by atoms with Crippen LogP contribution in [-0.4, -0.2) is 50.4 Å². The van der Waals surface area contributed by atoms with E-state index in [2.05, 4.69) is 10.2 Å². The predicted octanol–water partition coefficient (Wildman–Crippen LogP) is 1.79. The Morgan fingerprint density at radius 2 is 2.00 bits per heavy atom. The number of fused-ring (bicyclic) bond motifs is 1. The first-order valence-electron chi connectivity index (χ1n) is 8.74. The Balaban J connectivity index is 1.21. The van der Waals surface area contributed by atoms with Crippen LogP contribution in [0.2, 0.25) is 0 Å². The van der Waals surface area contributed by atoms with Gasteiger partial charge in [0.2, 0.25) is 6.79 Å². The minimum absolute atomic E-state index is 0.0272. The van der Waals surface area contributed by atoms with Crippen LogP contribution >= 0.6 is 0 Å². The molecule has 1 aromatic rings. The molecule has 1 saturated carbocycles. The van der Waals surface area contributed by atoms with Crippen LogP contribution in [0.1, 0.15) is 25.7 Å². The Kier molecular flexibility index (Phi) is 4.22. The highest BCUT2D eigenvalue weighted by Gasteiger charge is 2.44. The van der Waals surface area contributed by atoms with Crippen molar-refractivity contribution < 1.29 is 19.0 Å². The molecule has 1 aromatic carbocycles. The zero-order valence-electron chi connectivity index (χ0n) is 13.9. The third kappa shape index (κ3) is 3.59. The second-order valence-electron chi connectivity index (χ2n) is 7.06. The largest absolute Gasteiger partial charge is 0.484 e. The molecule has 6 heteroatoms. The standard InChI is InChI=1S/C18H24N2O4/c21-17(10-22-14-3-4-15-16(9-14)24-13-23-15)19-11-18(5-6-18)12-20-7-1-2-8-20/h3-4,9H,1-2,5-8,10-13H2,(H,19,21). The fourth-order valence-corrected chi connectivity index (χ4v) is 3.44. The predicted molar refractivity (Wildman–Crippen MR) is 88.4 cm³/mol. The normalized spacial score (nSPS) is 20.8. The van der Waals surface area contributed by atoms with Crippen molar-refractivity contribution in [2.75, 3.05) is 39.6 Å². The maximum atomic E-state index is 12.1. The number of carbonyl (C=O) groups is 1. The summed E-state index contributed by atoms with van der Waals surface area (Å²) in [5, 5.41) is 3.04. The van der Waals surface area contributed by atoms with Crippen LogP contribution in [0.4, 0.5) is 0 Å². The maximum Gasteiger partial charge on any atom is 0.257 e. The number of ether oxygens (including phenoxy) is 3. The number of nitrogens with zero attached hydrogens (tertiary/aromatic N) is 1. The van der Waals surface area contributed by atoms with E-state index in [1.165, 1.54) is 38.8 Å². The van der Waals surface area contributed by atoms with Crippen LogP contribution in [0.25, 0.3) is 0 Å². The van der Waals surface area contributed by atoms with Crippen molar-refractivity contribution in [3.63, 3.8) is 0 Å². The van der Waals surface area contributed by atoms with E-state index in [9.17, 15) is 4.79 Å². The molecule has 24 heavy (non-hydrogen) atoms. The average molecular weight is 332 g/mol. The lowest BCUT2D eigenvalue weighted by Crippen LogP contribution is -2.38. The molecule has 0 radical (unpaired) electrons. The van der Waals surface area contributed by atoms with E-state index in [1.807, 2.05) is 0 Å². The van der Waals surface area contributed by atoms with Crippen molar-refractivity contribution in [3.8, 4) is 17.2 Å². The average Bonchev–Trinajstić information content (AvgIpc) is 2.99. The van der Waals surface area contributed by atoms with Gasteiger partial charge in [-0.3, -0.25) is 4.79 Å². The molecule has 3 aliphatic rings. The number of rotatable bonds is 7. The summed E-state index contributed by atoms with van der Waals surface area (Å²) < 4.78 is 16.1. The van der Waals surface area contributed by atoms with Gasteiger partial charge in [-0.25, -0.2) is 0 Å². The van der Waals surface area contributed by atoms with Gasteiger partial charge >= 0.3 is 0 Å². The van der Waals surface area contributed by atoms with Crippen molar-refractivity contribution in [2.45, 2.75) is 25.7 Å². The van der Waals surface area contributed by atoms with Gasteiger partial charge in [-0.1, -0.05) is 0 Å². The number of hydrogen-bond donors (Lipinski definition) is 1. The number of hydrogen-bond acceptors (Lipinski definition) is 5. The van der Waals surface area contributed by atoms with Gasteiger partial charge in [0, 0.05) is 24.6 Å². The minimum Gasteiger partial charge on any atom is -0.484 e. The van der Waals surface area contributed by atoms with Gasteiger partial charge in [0.15, 0.2) is 18.1 Å². The third-order valence-electron chi connectivity index (χ3n) is 5.09. The number of amides is 1. The summed E-state index contributed by atoms with van der Waals surface area (Å²) in [5.74, 6) is 1.92. The van der Waals surface area contributed by atoms with Crippen LogP contribution in [0.3, 0.4) is 0 Å². The fraction of sp³-hybridized carbons (Fsp3) is 0.611. The molecule has 0 aromatic heterocycles. The Morgan fingerprint density at radius 1 is 1.21 bits per heavy atom. The van der Waals surface area contributed by atoms with Gasteiger partial charge in [-0.2, -0.15) is 0 Å². The minimum atomic E-state index is -0.0691. The van der Waals surface area contributed by atoms with E-state index < -0.39 is 0 Å². The Hall–Kier alpha value is -1.95. The first kappa shape index (κ1) is 15.6. The highest BCUT2D eigenvalue weighted by atomic mass is 16.7. The molecule has 0 spiro atoms. The Bertz CT molecular complexity index is 609. The second kappa shape index (κ2) is 6.51. The van der Waals surface area contributed by atoms with Crippen LogP contribution in [-0.2, 0) is 4.79 Å². The summed E-state index contributed by atoms with van der Waals surface area (Å²) >= 11 is 0. The van der Waals surface area contributed by atoms with Gasteiger partial charge in [-0.05, 0) is 50.9 Å². The molecule has 0 unspecified atom stereocenters. The van der Waals surface area contributed by atoms with E-state index in [4.69, 9.17) is 14.2 Å². The summed E-state index contributed by atoms with van der Waals surface area (Å²) in [4.78, 5) is 14.6. The summed E-state index contributed by atoms with van der Waals surface area (Å²) in [5.41, 5.74) is 0.304. The number of carbonyl (C=O) groups excluding carboxylic acids is 1. The first-order chi connectivity index (χ1) is 11.7. The van der Waals surface area contributed by atoms with Crippen molar-refractivity contribution in [1.82, 2.24) is 10.2 Å². The van der Waals surface area contributed by atoms with Crippen LogP contribution in [0.5, 0.6) is 17.2 Å². The van der Waals surface area contributed by atoms with Crippen LogP contribution < -0.4 is 19.5 Å². The summed E-state index contributed by atoms with van der Waals surface area (Å²) in [7, 11) is 0. The van der Waals surface area contributed by atoms with Gasteiger partial charge in [0.05, 0.1) is 0 Å². The number of likely N-dealkylation sites (tertiary alicyclic amines) is 1. The smallest absolute Gasteiger partial charge is 0.257 e. The van der Waals surface area contributed by atoms with E-state index in [-0.39, 0.29) is 19.3 Å². The molecule has 6 nitrogen and oxygen atoms in total. The summed E-state index contributed by atoms with van der Waals surface area (Å²) in [6, 6.07) is 5.34. The van der Waals surface area contributed by atoms with Crippen LogP contribution in [0, 0.1) is 5.41 Å². The monoisotopic (exact) mass is 332 g/mol. The second-order valence-corrected chi connectivity index (χ2v) is 7.06. The van der Waals surface area contributed by atoms with Crippen molar-refractivity contribution in [1.29, 1.82) is 0 Å². The number of nitrogens with one attached hydrogen (secondary N) is 1. The van der Waals surface area contributed by atoms with Crippen LogP contribution in [0.15, 0.2) is 18.2 Å². The highest BCUT2D eigenvalue weighted by molar-refractivity contribution is 5.77. The zero-order chi connectivity index (χ0) is 16.4. The molecule has 130 valence electrons. The van der Waals surface area contributed by atoms with Crippen molar-refractivity contribution in [3.05, 3.63) is 18.2 Å². The molecule has 4 rings (SSSR count). The summed E-state index contributed by atoms with van der Waals surface area (Å²) in [6.45, 7) is 4.56. The molecule has 1 aliphatic carbocycles. The SMILES string of the molecule is O=C(COc1ccc2c(c1)OCO2)NCC1(CN2CCCC2)CC1. The molecule has 2 fully saturated rings. The van der Waals surface area contributed by atoms with Gasteiger partial charge in [-0.15, -0.1) is 0 Å². The Morgan fingerprint density at radius 3 is 2.79 bits per heavy atom. The molecular weight excluding hydrogens is 308 g/mol. The molecule has 1 amide bonds. The zero-order valence-corrected chi connectivity index (χ0v) is 13.9. The van der Waals surface area contributed by atoms with Gasteiger partial charge < -0.3 is 24.4 Å². The lowest BCUT2D eigenvalue weighted by Gasteiger charge is -2.23. The quantitative estimate of drug-likeness (QED) is 0.825. The molecule has 2 aliphatic heterocycles. The molecule has 0 bridgehead atoms. The Labute approximate surface area is 142 Å². The van der Waals surface area contributed by atoms with E-state index in [1.54, 1.807) is 18.2 Å². The van der Waals surface area contributed by atoms with E-state index in [0.29, 0.717) is 22.7 Å². The van der Waals surface area contributed by atoms with Crippen molar-refractivity contribution >= 4 is 5.91 Å². The third-order valence-corrected chi connectivity index (χ3v) is 5.09. The summed E-state index contributed by atoms with van der Waals surface area (Å²) in [6.07, 6.45) is 5.05. The molecular formula is C18H24N2O4. The first-order valence-corrected chi connectivity index (χ1v) is 8.74. The lowest BCUT2D eigenvalue weighted by atomic mass is 10.1. The van der Waals surface area contributed by atoms with E-state index >= 15 is 0 Å². The molecule has 1 saturated heterocycles. The highest BCUT2D eigenvalue weighted by Crippen LogP contribution is 2.46. The lowest BCUT2D eigenvalue weighted by molar-refractivity contribution is -0.123. The van der Waals surface area contributed by atoms with Gasteiger partial charge in [0.1, 0.15) is 5.75 Å². The van der Waals surface area contributed by atoms with Gasteiger partial charge in [0.25, 0.3) is 5.91 Å². The molecule has 0 atom stereocenters. The van der Waals surface area contributed by atoms with Crippen molar-refractivity contribution in [2.24, 2.45) is 5.41 Å². The fourth-order valence-electron chi connectivity index (χ4n) is 3.44.